The molecule has 0 spiro atoms. The van der Waals surface area contributed by atoms with Crippen LogP contribution in [-0.2, 0) is 4.74 Å². The van der Waals surface area contributed by atoms with Gasteiger partial charge >= 0.3 is 0 Å². The third-order valence-electron chi connectivity index (χ3n) is 3.73. The van der Waals surface area contributed by atoms with E-state index in [0.717, 1.165) is 0 Å². The lowest BCUT2D eigenvalue weighted by molar-refractivity contribution is -0.0948. The Bertz CT molecular complexity index is 641. The van der Waals surface area contributed by atoms with Gasteiger partial charge in [0.25, 0.3) is 0 Å². The number of aromatic nitrogens is 3. The molecule has 1 aliphatic rings. The maximum absolute atomic E-state index is 10.4. The van der Waals surface area contributed by atoms with Crippen LogP contribution >= 0.6 is 0 Å². The number of nitrogen functional groups attached to an aromatic ring is 1. The highest BCUT2D eigenvalue weighted by Crippen LogP contribution is 2.39. The topological polar surface area (TPSA) is 127 Å². The predicted molar refractivity (Wildman–Crippen MR) is 69.6 cm³/mol. The van der Waals surface area contributed by atoms with Gasteiger partial charge in [-0.25, -0.2) is 9.97 Å². The fraction of sp³-hybridized carbons (Fsp3) is 0.500. The Kier molecular flexibility index (Phi) is 2.91. The van der Waals surface area contributed by atoms with Gasteiger partial charge in [0.05, 0.1) is 12.0 Å². The molecule has 3 rings (SSSR count). The van der Waals surface area contributed by atoms with E-state index in [1.165, 1.54) is 13.3 Å². The van der Waals surface area contributed by atoms with Crippen LogP contribution in [0.5, 0.6) is 0 Å². The first-order chi connectivity index (χ1) is 9.46. The minimum Gasteiger partial charge on any atom is -0.394 e. The molecule has 0 saturated carbocycles. The summed E-state index contributed by atoms with van der Waals surface area (Å²) in [5.74, 6) is 0.325. The molecule has 8 nitrogen and oxygen atoms in total. The van der Waals surface area contributed by atoms with Gasteiger partial charge in [0.15, 0.2) is 6.23 Å². The Labute approximate surface area is 114 Å². The Balaban J connectivity index is 2.10. The molecule has 1 aliphatic heterocycles. The number of nitrogens with zero attached hydrogens (tertiary/aromatic N) is 3. The summed E-state index contributed by atoms with van der Waals surface area (Å²) in [5, 5.41) is 30.3. The van der Waals surface area contributed by atoms with Gasteiger partial charge in [-0.1, -0.05) is 0 Å². The average Bonchev–Trinajstić information content (AvgIpc) is 2.92. The van der Waals surface area contributed by atoms with E-state index < -0.39 is 24.0 Å². The standard InChI is InChI=1S/C12H16N4O4/c1-12(19)8(18)7(4-17)20-11(12)16-3-2-6-9(13)14-5-15-10(6)16/h2-3,5,7-8,11,17-19H,4H2,1H3,(H2,13,14,15)/t7-,8+,11-,12-/m1/s1. The van der Waals surface area contributed by atoms with Gasteiger partial charge in [0.2, 0.25) is 0 Å². The van der Waals surface area contributed by atoms with Crippen molar-refractivity contribution in [2.45, 2.75) is 31.0 Å². The fourth-order valence-corrected chi connectivity index (χ4v) is 2.57. The van der Waals surface area contributed by atoms with Crippen molar-refractivity contribution in [3.05, 3.63) is 18.6 Å². The van der Waals surface area contributed by atoms with Crippen LogP contribution in [0.4, 0.5) is 5.82 Å². The maximum Gasteiger partial charge on any atom is 0.167 e. The third-order valence-corrected chi connectivity index (χ3v) is 3.73. The summed E-state index contributed by atoms with van der Waals surface area (Å²) in [6.45, 7) is 1.07. The van der Waals surface area contributed by atoms with Crippen LogP contribution in [0.25, 0.3) is 11.0 Å². The Morgan fingerprint density at radius 3 is 2.90 bits per heavy atom. The fourth-order valence-electron chi connectivity index (χ4n) is 2.57. The molecule has 0 amide bonds. The molecule has 20 heavy (non-hydrogen) atoms. The lowest BCUT2D eigenvalue weighted by atomic mass is 9.96. The van der Waals surface area contributed by atoms with Crippen LogP contribution in [0.2, 0.25) is 0 Å². The van der Waals surface area contributed by atoms with E-state index in [1.807, 2.05) is 0 Å². The van der Waals surface area contributed by atoms with E-state index in [1.54, 1.807) is 16.8 Å². The number of ether oxygens (including phenoxy) is 1. The molecule has 0 aromatic carbocycles. The summed E-state index contributed by atoms with van der Waals surface area (Å²) in [6.07, 6.45) is 0.0428. The minimum atomic E-state index is -1.56. The van der Waals surface area contributed by atoms with Crippen molar-refractivity contribution < 1.29 is 20.1 Å². The van der Waals surface area contributed by atoms with E-state index in [-0.39, 0.29) is 6.61 Å². The van der Waals surface area contributed by atoms with Crippen LogP contribution in [-0.4, -0.2) is 54.3 Å². The van der Waals surface area contributed by atoms with E-state index in [4.69, 9.17) is 10.5 Å². The van der Waals surface area contributed by atoms with Gasteiger partial charge in [-0.15, -0.1) is 0 Å². The zero-order valence-electron chi connectivity index (χ0n) is 10.8. The smallest absolute Gasteiger partial charge is 0.167 e. The molecule has 1 fully saturated rings. The van der Waals surface area contributed by atoms with Crippen molar-refractivity contribution in [1.82, 2.24) is 14.5 Å². The summed E-state index contributed by atoms with van der Waals surface area (Å²) in [4.78, 5) is 8.01. The van der Waals surface area contributed by atoms with Crippen molar-refractivity contribution in [3.8, 4) is 0 Å². The molecule has 0 bridgehead atoms. The summed E-state index contributed by atoms with van der Waals surface area (Å²) in [7, 11) is 0. The van der Waals surface area contributed by atoms with Gasteiger partial charge in [0.1, 0.15) is 35.6 Å². The van der Waals surface area contributed by atoms with Gasteiger partial charge in [-0.05, 0) is 13.0 Å². The highest BCUT2D eigenvalue weighted by atomic mass is 16.6. The van der Waals surface area contributed by atoms with Crippen molar-refractivity contribution in [3.63, 3.8) is 0 Å². The van der Waals surface area contributed by atoms with E-state index in [9.17, 15) is 15.3 Å². The first-order valence-electron chi connectivity index (χ1n) is 6.20. The second-order valence-corrected chi connectivity index (χ2v) is 5.10. The zero-order chi connectivity index (χ0) is 14.5. The van der Waals surface area contributed by atoms with E-state index >= 15 is 0 Å². The van der Waals surface area contributed by atoms with Crippen LogP contribution in [0.3, 0.4) is 0 Å². The van der Waals surface area contributed by atoms with Crippen LogP contribution in [0, 0.1) is 0 Å². The first-order valence-corrected chi connectivity index (χ1v) is 6.20. The molecular weight excluding hydrogens is 264 g/mol. The SMILES string of the molecule is C[C@@]1(O)[C@@H](O)[C@@H](CO)O[C@H]1n1ccc2c(N)ncnc21. The van der Waals surface area contributed by atoms with E-state index in [0.29, 0.717) is 16.9 Å². The number of nitrogens with two attached hydrogens (primary N) is 1. The molecular formula is C12H16N4O4. The first kappa shape index (κ1) is 13.3. The molecule has 3 heterocycles. The molecule has 2 aromatic rings. The van der Waals surface area contributed by atoms with E-state index in [2.05, 4.69) is 9.97 Å². The highest BCUT2D eigenvalue weighted by molar-refractivity contribution is 5.86. The molecule has 5 N–H and O–H groups in total. The van der Waals surface area contributed by atoms with Crippen LogP contribution < -0.4 is 5.73 Å². The molecule has 2 aromatic heterocycles. The van der Waals surface area contributed by atoms with Crippen molar-refractivity contribution in [1.29, 1.82) is 0 Å². The molecule has 0 radical (unpaired) electrons. The summed E-state index contributed by atoms with van der Waals surface area (Å²) in [5.41, 5.74) is 4.70. The molecule has 0 unspecified atom stereocenters. The summed E-state index contributed by atoms with van der Waals surface area (Å²) < 4.78 is 7.12. The van der Waals surface area contributed by atoms with Gasteiger partial charge in [0, 0.05) is 6.20 Å². The Morgan fingerprint density at radius 2 is 2.25 bits per heavy atom. The second kappa shape index (κ2) is 4.38. The number of aliphatic hydroxyl groups excluding tert-OH is 2. The average molecular weight is 280 g/mol. The minimum absolute atomic E-state index is 0.325. The number of hydrogen-bond donors (Lipinski definition) is 4. The molecule has 1 saturated heterocycles. The third kappa shape index (κ3) is 1.70. The lowest BCUT2D eigenvalue weighted by Gasteiger charge is -2.27. The number of anilines is 1. The zero-order valence-corrected chi connectivity index (χ0v) is 10.8. The molecule has 0 aliphatic carbocycles. The molecule has 4 atom stereocenters. The Hall–Kier alpha value is -1.74. The number of hydrogen-bond acceptors (Lipinski definition) is 7. The molecule has 108 valence electrons. The second-order valence-electron chi connectivity index (χ2n) is 5.10. The maximum atomic E-state index is 10.4. The predicted octanol–water partition coefficient (Wildman–Crippen LogP) is -0.985. The highest BCUT2D eigenvalue weighted by Gasteiger charge is 2.53. The van der Waals surface area contributed by atoms with Gasteiger partial charge in [-0.3, -0.25) is 0 Å². The van der Waals surface area contributed by atoms with Gasteiger partial charge in [-0.2, -0.15) is 0 Å². The normalized spacial score (nSPS) is 33.9. The molecule has 8 heteroatoms. The number of fused-ring (bicyclic) bond motifs is 1. The summed E-state index contributed by atoms with van der Waals surface area (Å²) >= 11 is 0. The summed E-state index contributed by atoms with van der Waals surface area (Å²) in [6, 6.07) is 1.71. The van der Waals surface area contributed by atoms with Crippen molar-refractivity contribution in [2.24, 2.45) is 0 Å². The Morgan fingerprint density at radius 1 is 1.50 bits per heavy atom. The monoisotopic (exact) mass is 280 g/mol. The number of rotatable bonds is 2. The van der Waals surface area contributed by atoms with Crippen LogP contribution in [0.15, 0.2) is 18.6 Å². The van der Waals surface area contributed by atoms with Gasteiger partial charge < -0.3 is 30.4 Å². The largest absolute Gasteiger partial charge is 0.394 e. The lowest BCUT2D eigenvalue weighted by Crippen LogP contribution is -2.44. The van der Waals surface area contributed by atoms with Crippen molar-refractivity contribution in [2.75, 3.05) is 12.3 Å². The quantitative estimate of drug-likeness (QED) is 0.556. The van der Waals surface area contributed by atoms with Crippen LogP contribution in [0.1, 0.15) is 13.2 Å². The number of aliphatic hydroxyl groups is 3. The van der Waals surface area contributed by atoms with Crippen molar-refractivity contribution >= 4 is 16.9 Å².